The van der Waals surface area contributed by atoms with Gasteiger partial charge in [-0.25, -0.2) is 0 Å². The lowest BCUT2D eigenvalue weighted by Crippen LogP contribution is -2.47. The van der Waals surface area contributed by atoms with Gasteiger partial charge in [0.05, 0.1) is 24.7 Å². The molecule has 1 fully saturated rings. The molecule has 19 heavy (non-hydrogen) atoms. The highest BCUT2D eigenvalue weighted by Crippen LogP contribution is 2.02. The molecule has 2 rings (SSSR count). The predicted molar refractivity (Wildman–Crippen MR) is 66.2 cm³/mol. The van der Waals surface area contributed by atoms with Crippen molar-refractivity contribution in [2.75, 3.05) is 20.1 Å². The molecule has 1 aromatic carbocycles. The fourth-order valence-electron chi connectivity index (χ4n) is 1.68. The summed E-state index contributed by atoms with van der Waals surface area (Å²) >= 11 is 0. The third-order valence-corrected chi connectivity index (χ3v) is 2.59. The Balaban J connectivity index is 2.19. The quantitative estimate of drug-likeness (QED) is 0.619. The van der Waals surface area contributed by atoms with Crippen LogP contribution in [0.1, 0.15) is 5.56 Å². The van der Waals surface area contributed by atoms with Crippen molar-refractivity contribution in [2.45, 2.75) is 0 Å². The summed E-state index contributed by atoms with van der Waals surface area (Å²) in [5.41, 5.74) is 0.997. The van der Waals surface area contributed by atoms with Crippen LogP contribution in [-0.2, 0) is 18.9 Å². The molecule has 0 N–H and O–H groups in total. The summed E-state index contributed by atoms with van der Waals surface area (Å²) < 4.78 is 10.2. The van der Waals surface area contributed by atoms with Gasteiger partial charge in [-0.3, -0.25) is 14.5 Å². The number of nitrogens with zero attached hydrogens (tertiary/aromatic N) is 2. The van der Waals surface area contributed by atoms with Crippen LogP contribution in [0.4, 0.5) is 0 Å². The molecule has 1 aliphatic heterocycles. The Kier molecular flexibility index (Phi) is 3.83. The Morgan fingerprint density at radius 3 is 2.16 bits per heavy atom. The van der Waals surface area contributed by atoms with Crippen LogP contribution in [-0.4, -0.2) is 44.1 Å². The molecule has 0 amide bonds. The summed E-state index contributed by atoms with van der Waals surface area (Å²) in [6.45, 7) is 0.0593. The smallest absolute Gasteiger partial charge is 0.494 e. The van der Waals surface area contributed by atoms with Gasteiger partial charge in [-0.15, -0.1) is 0 Å². The number of benzene rings is 1. The minimum Gasteiger partial charge on any atom is -0.494 e. The van der Waals surface area contributed by atoms with Gasteiger partial charge >= 0.3 is 19.1 Å². The van der Waals surface area contributed by atoms with Gasteiger partial charge < -0.3 is 9.31 Å². The first-order valence-electron chi connectivity index (χ1n) is 5.66. The lowest BCUT2D eigenvalue weighted by Gasteiger charge is -2.22. The highest BCUT2D eigenvalue weighted by molar-refractivity contribution is 6.64. The maximum atomic E-state index is 11.6. The van der Waals surface area contributed by atoms with E-state index in [1.165, 1.54) is 4.90 Å². The van der Waals surface area contributed by atoms with Crippen LogP contribution in [0, 0.1) is 11.3 Å². The number of nitriles is 1. The fraction of sp³-hybridized carbons (Fsp3) is 0.250. The molecule has 0 bridgehead atoms. The number of carbonyl (C=O) groups excluding carboxylic acids is 2. The number of likely N-dealkylation sites (N-methyl/N-ethyl adjacent to an activating group) is 1. The van der Waals surface area contributed by atoms with Gasteiger partial charge in [0.25, 0.3) is 0 Å². The molecule has 96 valence electrons. The second kappa shape index (κ2) is 5.54. The molecule has 0 spiro atoms. The number of carbonyl (C=O) groups is 2. The van der Waals surface area contributed by atoms with E-state index in [1.807, 2.05) is 6.07 Å². The van der Waals surface area contributed by atoms with Crippen LogP contribution in [0.5, 0.6) is 0 Å². The summed E-state index contributed by atoms with van der Waals surface area (Å²) in [5.74, 6) is -0.936. The van der Waals surface area contributed by atoms with E-state index in [1.54, 1.807) is 31.3 Å². The summed E-state index contributed by atoms with van der Waals surface area (Å²) in [7, 11) is 0.575. The number of hydrogen-bond acceptors (Lipinski definition) is 6. The zero-order valence-electron chi connectivity index (χ0n) is 10.3. The van der Waals surface area contributed by atoms with Gasteiger partial charge in [-0.05, 0) is 19.2 Å². The maximum absolute atomic E-state index is 11.6. The van der Waals surface area contributed by atoms with Gasteiger partial charge in [0.1, 0.15) is 0 Å². The SMILES string of the molecule is CN1CC(=O)OB(c2ccc(C#N)cc2)OC(=O)C1. The van der Waals surface area contributed by atoms with Gasteiger partial charge in [0.2, 0.25) is 0 Å². The third-order valence-electron chi connectivity index (χ3n) is 2.59. The summed E-state index contributed by atoms with van der Waals surface area (Å²) in [6, 6.07) is 8.31. The van der Waals surface area contributed by atoms with Crippen molar-refractivity contribution < 1.29 is 18.9 Å². The normalized spacial score (nSPS) is 16.9. The highest BCUT2D eigenvalue weighted by Gasteiger charge is 2.33. The van der Waals surface area contributed by atoms with Gasteiger partial charge in [-0.1, -0.05) is 12.1 Å². The Hall–Kier alpha value is -2.33. The standard InChI is InChI=1S/C12H11BN2O4/c1-15-7-11(16)18-13(19-12(17)8-15)10-4-2-9(6-14)3-5-10/h2-5H,7-8H2,1H3. The Morgan fingerprint density at radius 1 is 1.16 bits per heavy atom. The van der Waals surface area contributed by atoms with Crippen molar-refractivity contribution in [3.05, 3.63) is 29.8 Å². The van der Waals surface area contributed by atoms with Gasteiger partial charge in [0, 0.05) is 5.46 Å². The molecule has 1 aromatic rings. The summed E-state index contributed by atoms with van der Waals surface area (Å²) in [5, 5.41) is 8.71. The monoisotopic (exact) mass is 258 g/mol. The maximum Gasteiger partial charge on any atom is 0.636 e. The van der Waals surface area contributed by atoms with Crippen molar-refractivity contribution in [3.63, 3.8) is 0 Å². The molecule has 0 unspecified atom stereocenters. The van der Waals surface area contributed by atoms with E-state index < -0.39 is 19.1 Å². The first kappa shape index (κ1) is 13.1. The third kappa shape index (κ3) is 3.33. The molecule has 1 saturated heterocycles. The Morgan fingerprint density at radius 2 is 1.68 bits per heavy atom. The lowest BCUT2D eigenvalue weighted by molar-refractivity contribution is -0.145. The largest absolute Gasteiger partial charge is 0.636 e. The van der Waals surface area contributed by atoms with E-state index in [2.05, 4.69) is 0 Å². The van der Waals surface area contributed by atoms with E-state index in [-0.39, 0.29) is 13.1 Å². The Bertz CT molecular complexity index is 518. The number of rotatable bonds is 1. The molecular formula is C12H11BN2O4. The number of hydrogen-bond donors (Lipinski definition) is 0. The average Bonchev–Trinajstić information content (AvgIpc) is 2.36. The van der Waals surface area contributed by atoms with Crippen molar-refractivity contribution in [1.82, 2.24) is 4.90 Å². The first-order chi connectivity index (χ1) is 9.08. The van der Waals surface area contributed by atoms with E-state index >= 15 is 0 Å². The molecule has 1 aliphatic rings. The van der Waals surface area contributed by atoms with Crippen LogP contribution in [0.25, 0.3) is 0 Å². The zero-order chi connectivity index (χ0) is 13.8. The van der Waals surface area contributed by atoms with Crippen LogP contribution in [0.3, 0.4) is 0 Å². The predicted octanol–water partition coefficient (Wildman–Crippen LogP) is -0.715. The van der Waals surface area contributed by atoms with Crippen LogP contribution in [0.2, 0.25) is 0 Å². The van der Waals surface area contributed by atoms with E-state index in [0.717, 1.165) is 0 Å². The highest BCUT2D eigenvalue weighted by atomic mass is 16.6. The van der Waals surface area contributed by atoms with Crippen LogP contribution < -0.4 is 5.46 Å². The second-order valence-corrected chi connectivity index (χ2v) is 4.22. The first-order valence-corrected chi connectivity index (χ1v) is 5.66. The average molecular weight is 258 g/mol. The van der Waals surface area contributed by atoms with Crippen molar-refractivity contribution in [2.24, 2.45) is 0 Å². The molecule has 0 atom stereocenters. The summed E-state index contributed by atoms with van der Waals surface area (Å²) in [4.78, 5) is 24.6. The zero-order valence-corrected chi connectivity index (χ0v) is 10.3. The molecule has 0 aromatic heterocycles. The summed E-state index contributed by atoms with van der Waals surface area (Å²) in [6.07, 6.45) is 0. The fourth-order valence-corrected chi connectivity index (χ4v) is 1.68. The van der Waals surface area contributed by atoms with Gasteiger partial charge in [-0.2, -0.15) is 5.26 Å². The molecule has 1 heterocycles. The molecule has 0 aliphatic carbocycles. The van der Waals surface area contributed by atoms with Crippen molar-refractivity contribution in [3.8, 4) is 6.07 Å². The lowest BCUT2D eigenvalue weighted by atomic mass is 9.78. The topological polar surface area (TPSA) is 79.6 Å². The molecule has 7 heteroatoms. The molecule has 0 radical (unpaired) electrons. The van der Waals surface area contributed by atoms with Crippen molar-refractivity contribution >= 4 is 24.5 Å². The van der Waals surface area contributed by atoms with E-state index in [0.29, 0.717) is 11.0 Å². The minimum atomic E-state index is -1.05. The molecular weight excluding hydrogens is 247 g/mol. The van der Waals surface area contributed by atoms with Crippen LogP contribution >= 0.6 is 0 Å². The minimum absolute atomic E-state index is 0.0296. The Labute approximate surface area is 110 Å². The van der Waals surface area contributed by atoms with Crippen LogP contribution in [0.15, 0.2) is 24.3 Å². The van der Waals surface area contributed by atoms with E-state index in [9.17, 15) is 9.59 Å². The van der Waals surface area contributed by atoms with Crippen molar-refractivity contribution in [1.29, 1.82) is 5.26 Å². The molecule has 6 nitrogen and oxygen atoms in total. The van der Waals surface area contributed by atoms with Gasteiger partial charge in [0.15, 0.2) is 0 Å². The van der Waals surface area contributed by atoms with E-state index in [4.69, 9.17) is 14.6 Å². The second-order valence-electron chi connectivity index (χ2n) is 4.22. The molecule has 0 saturated carbocycles.